The van der Waals surface area contributed by atoms with E-state index in [0.717, 1.165) is 16.9 Å². The summed E-state index contributed by atoms with van der Waals surface area (Å²) in [7, 11) is 0. The number of rotatable bonds is 9. The molecule has 0 amide bonds. The summed E-state index contributed by atoms with van der Waals surface area (Å²) >= 11 is 6.56. The quantitative estimate of drug-likeness (QED) is 0.509. The van der Waals surface area contributed by atoms with Gasteiger partial charge in [0.25, 0.3) is 0 Å². The number of halogens is 1. The second-order valence-electron chi connectivity index (χ2n) is 7.47. The summed E-state index contributed by atoms with van der Waals surface area (Å²) in [6.45, 7) is 6.11. The lowest BCUT2D eigenvalue weighted by molar-refractivity contribution is -0.181. The van der Waals surface area contributed by atoms with Gasteiger partial charge in [-0.25, -0.2) is 0 Å². The summed E-state index contributed by atoms with van der Waals surface area (Å²) in [5.74, 6) is 1.33. The van der Waals surface area contributed by atoms with Gasteiger partial charge in [0.15, 0.2) is 0 Å². The fourth-order valence-corrected chi connectivity index (χ4v) is 3.90. The highest BCUT2D eigenvalue weighted by atomic mass is 35.5. The van der Waals surface area contributed by atoms with Crippen LogP contribution in [0.2, 0.25) is 5.02 Å². The SMILES string of the molecule is C=CCOc1cc(Cl)c(Cc2ccc(OCC)cc2)cc1[C@H]1C[C@@H](O)[C@H](O)[C@@H](CO)O1. The first kappa shape index (κ1) is 23.6. The molecule has 1 aliphatic rings. The topological polar surface area (TPSA) is 88.4 Å². The molecule has 1 aliphatic heterocycles. The maximum atomic E-state index is 10.3. The number of benzene rings is 2. The Hall–Kier alpha value is -2.09. The Morgan fingerprint density at radius 1 is 1.19 bits per heavy atom. The molecule has 0 aromatic heterocycles. The normalized spacial score (nSPS) is 23.4. The van der Waals surface area contributed by atoms with Crippen molar-refractivity contribution in [3.63, 3.8) is 0 Å². The Morgan fingerprint density at radius 2 is 1.94 bits per heavy atom. The van der Waals surface area contributed by atoms with E-state index in [1.165, 1.54) is 0 Å². The smallest absolute Gasteiger partial charge is 0.127 e. The van der Waals surface area contributed by atoms with Gasteiger partial charge in [-0.2, -0.15) is 0 Å². The van der Waals surface area contributed by atoms with Gasteiger partial charge in [-0.3, -0.25) is 0 Å². The van der Waals surface area contributed by atoms with Crippen molar-refractivity contribution in [3.05, 3.63) is 70.8 Å². The van der Waals surface area contributed by atoms with Crippen LogP contribution in [0.25, 0.3) is 0 Å². The highest BCUT2D eigenvalue weighted by Gasteiger charge is 2.38. The van der Waals surface area contributed by atoms with Crippen LogP contribution in [0.15, 0.2) is 49.1 Å². The largest absolute Gasteiger partial charge is 0.494 e. The second-order valence-corrected chi connectivity index (χ2v) is 7.88. The third-order valence-corrected chi connectivity index (χ3v) is 5.61. The zero-order chi connectivity index (χ0) is 22.4. The predicted octanol–water partition coefficient (Wildman–Crippen LogP) is 3.44. The second kappa shape index (κ2) is 11.0. The molecule has 7 heteroatoms. The fraction of sp³-hybridized carbons (Fsp3) is 0.417. The minimum atomic E-state index is -1.14. The summed E-state index contributed by atoms with van der Waals surface area (Å²) < 4.78 is 17.2. The van der Waals surface area contributed by atoms with Crippen LogP contribution in [0.4, 0.5) is 0 Å². The van der Waals surface area contributed by atoms with Crippen molar-refractivity contribution in [1.29, 1.82) is 0 Å². The van der Waals surface area contributed by atoms with Crippen molar-refractivity contribution < 1.29 is 29.5 Å². The molecule has 168 valence electrons. The van der Waals surface area contributed by atoms with Crippen molar-refractivity contribution in [3.8, 4) is 11.5 Å². The van der Waals surface area contributed by atoms with E-state index in [4.69, 9.17) is 25.8 Å². The summed E-state index contributed by atoms with van der Waals surface area (Å²) in [5.41, 5.74) is 2.64. The van der Waals surface area contributed by atoms with Crippen LogP contribution in [0, 0.1) is 0 Å². The Balaban J connectivity index is 1.91. The number of hydrogen-bond acceptors (Lipinski definition) is 6. The van der Waals surface area contributed by atoms with E-state index in [-0.39, 0.29) is 13.0 Å². The Morgan fingerprint density at radius 3 is 2.58 bits per heavy atom. The molecular weight excluding hydrogens is 420 g/mol. The van der Waals surface area contributed by atoms with Gasteiger partial charge >= 0.3 is 0 Å². The van der Waals surface area contributed by atoms with Gasteiger partial charge in [0.2, 0.25) is 0 Å². The number of ether oxygens (including phenoxy) is 3. The summed E-state index contributed by atoms with van der Waals surface area (Å²) in [6.07, 6.45) is -1.23. The van der Waals surface area contributed by atoms with E-state index >= 15 is 0 Å². The molecular formula is C24H29ClO6. The molecule has 1 saturated heterocycles. The van der Waals surface area contributed by atoms with Gasteiger partial charge in [0.1, 0.15) is 30.3 Å². The average Bonchev–Trinajstić information content (AvgIpc) is 2.77. The molecule has 3 N–H and O–H groups in total. The lowest BCUT2D eigenvalue weighted by Crippen LogP contribution is -2.47. The standard InChI is InChI=1S/C24H29ClO6/c1-3-9-30-21-12-19(25)16(10-15-5-7-17(8-6-15)29-4-2)11-18(21)22-13-20(27)24(28)23(14-26)31-22/h3,5-8,11-12,20,22-24,26-28H,1,4,9-10,13-14H2,2H3/t20-,22-,23-,24+/m1/s1. The van der Waals surface area contributed by atoms with Gasteiger partial charge in [-0.1, -0.05) is 36.4 Å². The molecule has 3 rings (SSSR count). The lowest BCUT2D eigenvalue weighted by Gasteiger charge is -2.37. The Labute approximate surface area is 187 Å². The summed E-state index contributed by atoms with van der Waals surface area (Å²) in [6, 6.07) is 11.5. The summed E-state index contributed by atoms with van der Waals surface area (Å²) in [4.78, 5) is 0. The molecule has 0 bridgehead atoms. The zero-order valence-corrected chi connectivity index (χ0v) is 18.3. The van der Waals surface area contributed by atoms with E-state index in [9.17, 15) is 15.3 Å². The maximum Gasteiger partial charge on any atom is 0.127 e. The first-order valence-electron chi connectivity index (χ1n) is 10.4. The highest BCUT2D eigenvalue weighted by molar-refractivity contribution is 6.31. The number of aliphatic hydroxyl groups is 3. The lowest BCUT2D eigenvalue weighted by atomic mass is 9.92. The molecule has 4 atom stereocenters. The third kappa shape index (κ3) is 5.79. The van der Waals surface area contributed by atoms with Gasteiger partial charge in [-0.15, -0.1) is 0 Å². The predicted molar refractivity (Wildman–Crippen MR) is 119 cm³/mol. The first-order chi connectivity index (χ1) is 15.0. The van der Waals surface area contributed by atoms with E-state index in [2.05, 4.69) is 6.58 Å². The molecule has 0 radical (unpaired) electrons. The van der Waals surface area contributed by atoms with E-state index < -0.39 is 31.0 Å². The monoisotopic (exact) mass is 448 g/mol. The van der Waals surface area contributed by atoms with Crippen LogP contribution in [0.5, 0.6) is 11.5 Å². The fourth-order valence-electron chi connectivity index (χ4n) is 3.67. The van der Waals surface area contributed by atoms with Crippen molar-refractivity contribution in [2.45, 2.75) is 44.2 Å². The van der Waals surface area contributed by atoms with Crippen LogP contribution in [0.3, 0.4) is 0 Å². The van der Waals surface area contributed by atoms with Gasteiger partial charge in [0.05, 0.1) is 25.4 Å². The minimum Gasteiger partial charge on any atom is -0.494 e. The zero-order valence-electron chi connectivity index (χ0n) is 17.5. The van der Waals surface area contributed by atoms with Crippen LogP contribution < -0.4 is 9.47 Å². The van der Waals surface area contributed by atoms with Crippen LogP contribution >= 0.6 is 11.6 Å². The molecule has 2 aromatic carbocycles. The Kier molecular flexibility index (Phi) is 8.35. The maximum absolute atomic E-state index is 10.3. The molecule has 1 heterocycles. The van der Waals surface area contributed by atoms with Gasteiger partial charge in [0, 0.05) is 17.0 Å². The molecule has 2 aromatic rings. The van der Waals surface area contributed by atoms with E-state index in [0.29, 0.717) is 29.4 Å². The molecule has 1 fully saturated rings. The molecule has 0 saturated carbocycles. The number of hydrogen-bond donors (Lipinski definition) is 3. The van der Waals surface area contributed by atoms with Crippen molar-refractivity contribution in [1.82, 2.24) is 0 Å². The van der Waals surface area contributed by atoms with Crippen LogP contribution in [-0.2, 0) is 11.2 Å². The Bertz CT molecular complexity index is 869. The molecule has 6 nitrogen and oxygen atoms in total. The van der Waals surface area contributed by atoms with Crippen LogP contribution in [0.1, 0.15) is 36.1 Å². The molecule has 0 aliphatic carbocycles. The highest BCUT2D eigenvalue weighted by Crippen LogP contribution is 2.39. The first-order valence-corrected chi connectivity index (χ1v) is 10.7. The molecule has 0 unspecified atom stereocenters. The summed E-state index contributed by atoms with van der Waals surface area (Å²) in [5, 5.41) is 30.4. The number of aliphatic hydroxyl groups excluding tert-OH is 3. The molecule has 31 heavy (non-hydrogen) atoms. The average molecular weight is 449 g/mol. The van der Waals surface area contributed by atoms with Gasteiger partial charge < -0.3 is 29.5 Å². The third-order valence-electron chi connectivity index (χ3n) is 5.26. The van der Waals surface area contributed by atoms with Crippen molar-refractivity contribution in [2.24, 2.45) is 0 Å². The van der Waals surface area contributed by atoms with E-state index in [1.807, 2.05) is 37.3 Å². The van der Waals surface area contributed by atoms with Crippen molar-refractivity contribution >= 4 is 11.6 Å². The molecule has 0 spiro atoms. The minimum absolute atomic E-state index is 0.173. The van der Waals surface area contributed by atoms with E-state index in [1.54, 1.807) is 12.1 Å². The van der Waals surface area contributed by atoms with Crippen LogP contribution in [-0.4, -0.2) is 53.5 Å². The van der Waals surface area contributed by atoms with Crippen molar-refractivity contribution in [2.75, 3.05) is 19.8 Å². The van der Waals surface area contributed by atoms with Gasteiger partial charge in [-0.05, 0) is 48.7 Å².